The molecule has 2 amide bonds. The minimum atomic E-state index is -1.39. The molecular formula is C30H29F2N5O2. The molecule has 9 heteroatoms. The number of hydrogen-bond acceptors (Lipinski definition) is 4. The number of carbonyl (C=O) groups excluding carboxylic acids is 2. The second kappa shape index (κ2) is 9.25. The van der Waals surface area contributed by atoms with Gasteiger partial charge in [-0.1, -0.05) is 12.2 Å². The van der Waals surface area contributed by atoms with E-state index < -0.39 is 11.1 Å². The molecule has 1 N–H and O–H groups in total. The van der Waals surface area contributed by atoms with Crippen LogP contribution in [0.1, 0.15) is 38.8 Å². The molecule has 0 spiro atoms. The lowest BCUT2D eigenvalue weighted by Gasteiger charge is -2.27. The molecule has 1 atom stereocenters. The molecule has 3 heterocycles. The van der Waals surface area contributed by atoms with Gasteiger partial charge in [0.2, 0.25) is 11.8 Å². The Morgan fingerprint density at radius 2 is 1.85 bits per heavy atom. The number of nitrogens with zero attached hydrogens (tertiary/aromatic N) is 4. The molecule has 0 bridgehead atoms. The third-order valence-corrected chi connectivity index (χ3v) is 7.90. The van der Waals surface area contributed by atoms with Crippen molar-refractivity contribution in [1.29, 1.82) is 0 Å². The molecule has 0 radical (unpaired) electrons. The zero-order chi connectivity index (χ0) is 27.4. The van der Waals surface area contributed by atoms with Crippen molar-refractivity contribution in [3.63, 3.8) is 0 Å². The molecule has 1 fully saturated rings. The minimum Gasteiger partial charge on any atom is -0.335 e. The summed E-state index contributed by atoms with van der Waals surface area (Å²) in [4.78, 5) is 31.8. The fourth-order valence-electron chi connectivity index (χ4n) is 5.43. The van der Waals surface area contributed by atoms with Crippen molar-refractivity contribution in [3.8, 4) is 22.4 Å². The van der Waals surface area contributed by atoms with Gasteiger partial charge in [0.15, 0.2) is 0 Å². The molecule has 2 aliphatic carbocycles. The van der Waals surface area contributed by atoms with E-state index in [1.54, 1.807) is 42.3 Å². The summed E-state index contributed by atoms with van der Waals surface area (Å²) in [5.41, 5.74) is 2.67. The number of carbonyl (C=O) groups is 2. The number of benzene rings is 1. The van der Waals surface area contributed by atoms with Crippen LogP contribution in [0.3, 0.4) is 0 Å². The van der Waals surface area contributed by atoms with Crippen LogP contribution < -0.4 is 5.32 Å². The maximum absolute atomic E-state index is 14.3. The Kier molecular flexibility index (Phi) is 5.97. The van der Waals surface area contributed by atoms with Crippen LogP contribution in [0, 0.1) is 11.2 Å². The Morgan fingerprint density at radius 3 is 2.51 bits per heavy atom. The summed E-state index contributed by atoms with van der Waals surface area (Å²) in [5, 5.41) is 7.82. The van der Waals surface area contributed by atoms with Crippen molar-refractivity contribution < 1.29 is 18.4 Å². The Bertz CT molecular complexity index is 1530. The fourth-order valence-corrected chi connectivity index (χ4v) is 5.43. The topological polar surface area (TPSA) is 80.1 Å². The molecule has 1 saturated carbocycles. The second-order valence-corrected chi connectivity index (χ2v) is 10.8. The Morgan fingerprint density at radius 1 is 1.08 bits per heavy atom. The van der Waals surface area contributed by atoms with Gasteiger partial charge in [0, 0.05) is 37.2 Å². The SMILES string of the molecule is CC(=O)N1CCn2nc(-c3ccc(F)cc3)c(-c3ccnc(NC(=O)C4(C5=CCC(C)(F)C=C5)CC4)c3)c2C1. The zero-order valence-electron chi connectivity index (χ0n) is 21.9. The maximum atomic E-state index is 14.3. The van der Waals surface area contributed by atoms with E-state index in [0.29, 0.717) is 44.0 Å². The van der Waals surface area contributed by atoms with Crippen LogP contribution >= 0.6 is 0 Å². The van der Waals surface area contributed by atoms with Crippen LogP contribution in [-0.2, 0) is 22.7 Å². The smallest absolute Gasteiger partial charge is 0.236 e. The molecule has 0 saturated heterocycles. The highest BCUT2D eigenvalue weighted by atomic mass is 19.1. The number of allylic oxidation sites excluding steroid dienone is 3. The Balaban J connectivity index is 1.35. The summed E-state index contributed by atoms with van der Waals surface area (Å²) in [7, 11) is 0. The van der Waals surface area contributed by atoms with E-state index in [-0.39, 0.29) is 24.1 Å². The molecular weight excluding hydrogens is 500 g/mol. The van der Waals surface area contributed by atoms with E-state index in [2.05, 4.69) is 10.3 Å². The average Bonchev–Trinajstić information content (AvgIpc) is 3.63. The monoisotopic (exact) mass is 529 g/mol. The molecule has 2 aromatic heterocycles. The Hall–Kier alpha value is -4.14. The van der Waals surface area contributed by atoms with Crippen LogP contribution in [0.15, 0.2) is 66.4 Å². The largest absolute Gasteiger partial charge is 0.335 e. The first-order valence-corrected chi connectivity index (χ1v) is 13.1. The van der Waals surface area contributed by atoms with Gasteiger partial charge in [0.25, 0.3) is 0 Å². The molecule has 39 heavy (non-hydrogen) atoms. The van der Waals surface area contributed by atoms with Gasteiger partial charge in [0.05, 0.1) is 24.2 Å². The number of hydrogen-bond donors (Lipinski definition) is 1. The molecule has 1 unspecified atom stereocenters. The lowest BCUT2D eigenvalue weighted by atomic mass is 9.86. The summed E-state index contributed by atoms with van der Waals surface area (Å²) in [6, 6.07) is 9.80. The highest BCUT2D eigenvalue weighted by molar-refractivity contribution is 6.00. The molecule has 200 valence electrons. The van der Waals surface area contributed by atoms with Gasteiger partial charge in [-0.2, -0.15) is 5.10 Å². The number of halogens is 2. The van der Waals surface area contributed by atoms with E-state index in [4.69, 9.17) is 5.10 Å². The van der Waals surface area contributed by atoms with Gasteiger partial charge in [0.1, 0.15) is 23.0 Å². The van der Waals surface area contributed by atoms with Gasteiger partial charge in [-0.25, -0.2) is 13.8 Å². The zero-order valence-corrected chi connectivity index (χ0v) is 21.9. The van der Waals surface area contributed by atoms with E-state index in [1.165, 1.54) is 25.1 Å². The molecule has 1 aromatic carbocycles. The number of anilines is 1. The third-order valence-electron chi connectivity index (χ3n) is 7.90. The fraction of sp³-hybridized carbons (Fsp3) is 0.333. The molecule has 1 aliphatic heterocycles. The Labute approximate surface area is 225 Å². The lowest BCUT2D eigenvalue weighted by molar-refractivity contribution is -0.130. The van der Waals surface area contributed by atoms with E-state index >= 15 is 0 Å². The maximum Gasteiger partial charge on any atom is 0.236 e. The first kappa shape index (κ1) is 25.2. The summed E-state index contributed by atoms with van der Waals surface area (Å²) >= 11 is 0. The molecule has 7 nitrogen and oxygen atoms in total. The van der Waals surface area contributed by atoms with Crippen molar-refractivity contribution in [1.82, 2.24) is 19.7 Å². The molecule has 3 aliphatic rings. The first-order valence-electron chi connectivity index (χ1n) is 13.1. The van der Waals surface area contributed by atoms with Gasteiger partial charge in [-0.3, -0.25) is 14.3 Å². The molecule has 6 rings (SSSR count). The van der Waals surface area contributed by atoms with Crippen LogP contribution in [0.4, 0.5) is 14.6 Å². The second-order valence-electron chi connectivity index (χ2n) is 10.8. The number of alkyl halides is 1. The highest BCUT2D eigenvalue weighted by Crippen LogP contribution is 2.54. The highest BCUT2D eigenvalue weighted by Gasteiger charge is 2.52. The summed E-state index contributed by atoms with van der Waals surface area (Å²) < 4.78 is 29.8. The number of nitrogens with one attached hydrogen (secondary N) is 1. The number of amides is 2. The van der Waals surface area contributed by atoms with Crippen LogP contribution in [-0.4, -0.2) is 43.7 Å². The van der Waals surface area contributed by atoms with E-state index in [1.807, 2.05) is 16.8 Å². The number of fused-ring (bicyclic) bond motifs is 1. The van der Waals surface area contributed by atoms with Gasteiger partial charge >= 0.3 is 0 Å². The quantitative estimate of drug-likeness (QED) is 0.477. The van der Waals surface area contributed by atoms with Crippen molar-refractivity contribution in [2.24, 2.45) is 5.41 Å². The van der Waals surface area contributed by atoms with Gasteiger partial charge < -0.3 is 10.2 Å². The van der Waals surface area contributed by atoms with Crippen LogP contribution in [0.5, 0.6) is 0 Å². The molecule has 3 aromatic rings. The van der Waals surface area contributed by atoms with Gasteiger partial charge in [-0.15, -0.1) is 0 Å². The minimum absolute atomic E-state index is 0.0201. The number of pyridine rings is 1. The number of aromatic nitrogens is 3. The van der Waals surface area contributed by atoms with Crippen molar-refractivity contribution in [3.05, 3.63) is 77.9 Å². The van der Waals surface area contributed by atoms with Gasteiger partial charge in [-0.05, 0) is 73.4 Å². The predicted octanol–water partition coefficient (Wildman–Crippen LogP) is 5.45. The standard InChI is InChI=1S/C30H29F2N5O2/c1-19(38)36-15-16-37-24(18-36)26(27(35-37)20-3-5-23(31)6-4-20)21-9-14-33-25(17-21)34-28(39)30(12-13-30)22-7-10-29(2,32)11-8-22/h3-10,14,17H,11-13,15-16,18H2,1-2H3,(H,33,34,39). The summed E-state index contributed by atoms with van der Waals surface area (Å²) in [5.74, 6) is -0.130. The van der Waals surface area contributed by atoms with Crippen LogP contribution in [0.2, 0.25) is 0 Å². The summed E-state index contributed by atoms with van der Waals surface area (Å²) in [6.45, 7) is 4.56. The van der Waals surface area contributed by atoms with E-state index in [9.17, 15) is 18.4 Å². The normalized spacial score (nSPS) is 21.2. The van der Waals surface area contributed by atoms with Crippen molar-refractivity contribution in [2.45, 2.75) is 51.9 Å². The van der Waals surface area contributed by atoms with Crippen LogP contribution in [0.25, 0.3) is 22.4 Å². The third kappa shape index (κ3) is 4.66. The lowest BCUT2D eigenvalue weighted by Crippen LogP contribution is -2.37. The summed E-state index contributed by atoms with van der Waals surface area (Å²) in [6.07, 6.45) is 8.36. The average molecular weight is 530 g/mol. The van der Waals surface area contributed by atoms with Crippen molar-refractivity contribution >= 4 is 17.6 Å². The first-order chi connectivity index (χ1) is 18.6. The number of rotatable bonds is 5. The van der Waals surface area contributed by atoms with Crippen molar-refractivity contribution in [2.75, 3.05) is 11.9 Å². The predicted molar refractivity (Wildman–Crippen MR) is 144 cm³/mol. The van der Waals surface area contributed by atoms with E-state index in [0.717, 1.165) is 28.0 Å².